The van der Waals surface area contributed by atoms with E-state index in [1.165, 1.54) is 0 Å². The summed E-state index contributed by atoms with van der Waals surface area (Å²) in [6.07, 6.45) is 2.75. The maximum Gasteiger partial charge on any atom is 0.189 e. The van der Waals surface area contributed by atoms with Crippen molar-refractivity contribution in [3.8, 4) is 5.75 Å². The zero-order valence-corrected chi connectivity index (χ0v) is 11.2. The molecule has 2 N–H and O–H groups in total. The molecule has 0 bridgehead atoms. The molecular formula is C13H17N3OS. The third-order valence-corrected chi connectivity index (χ3v) is 3.41. The number of hydrogen-bond donors (Lipinski definition) is 1. The van der Waals surface area contributed by atoms with Crippen LogP contribution >= 0.6 is 11.3 Å². The zero-order chi connectivity index (χ0) is 12.8. The van der Waals surface area contributed by atoms with Crippen molar-refractivity contribution in [1.29, 1.82) is 0 Å². The second-order valence-corrected chi connectivity index (χ2v) is 4.68. The Morgan fingerprint density at radius 1 is 1.33 bits per heavy atom. The monoisotopic (exact) mass is 263 g/mol. The van der Waals surface area contributed by atoms with E-state index in [9.17, 15) is 0 Å². The van der Waals surface area contributed by atoms with E-state index in [-0.39, 0.29) is 0 Å². The molecule has 2 rings (SSSR count). The van der Waals surface area contributed by atoms with Crippen molar-refractivity contribution in [2.45, 2.75) is 6.42 Å². The maximum atomic E-state index is 5.59. The van der Waals surface area contributed by atoms with Crippen LogP contribution in [0.2, 0.25) is 0 Å². The molecule has 0 unspecified atom stereocenters. The minimum Gasteiger partial charge on any atom is -0.497 e. The average Bonchev–Trinajstić information content (AvgIpc) is 2.94. The van der Waals surface area contributed by atoms with E-state index >= 15 is 0 Å². The fourth-order valence-electron chi connectivity index (χ4n) is 1.70. The molecule has 4 nitrogen and oxygen atoms in total. The maximum absolute atomic E-state index is 5.59. The van der Waals surface area contributed by atoms with Gasteiger partial charge in [-0.1, -0.05) is 0 Å². The van der Waals surface area contributed by atoms with E-state index in [0.717, 1.165) is 29.5 Å². The lowest BCUT2D eigenvalue weighted by Crippen LogP contribution is -2.20. The van der Waals surface area contributed by atoms with Crippen LogP contribution in [0.15, 0.2) is 35.8 Å². The van der Waals surface area contributed by atoms with Crippen LogP contribution in [0, 0.1) is 0 Å². The number of nitrogens with zero attached hydrogens (tertiary/aromatic N) is 2. The molecule has 0 aliphatic carbocycles. The van der Waals surface area contributed by atoms with Crippen molar-refractivity contribution in [2.75, 3.05) is 25.1 Å². The highest BCUT2D eigenvalue weighted by Gasteiger charge is 2.11. The van der Waals surface area contributed by atoms with Crippen LogP contribution < -0.4 is 15.4 Å². The van der Waals surface area contributed by atoms with Gasteiger partial charge in [0.1, 0.15) is 5.75 Å². The van der Waals surface area contributed by atoms with E-state index in [2.05, 4.69) is 9.88 Å². The van der Waals surface area contributed by atoms with Crippen LogP contribution in [0.4, 0.5) is 10.8 Å². The predicted octanol–water partition coefficient (Wildman–Crippen LogP) is 2.64. The van der Waals surface area contributed by atoms with Gasteiger partial charge in [-0.05, 0) is 37.2 Å². The largest absolute Gasteiger partial charge is 0.497 e. The summed E-state index contributed by atoms with van der Waals surface area (Å²) >= 11 is 1.63. The minimum atomic E-state index is 0.679. The van der Waals surface area contributed by atoms with Crippen LogP contribution in [-0.2, 0) is 0 Å². The van der Waals surface area contributed by atoms with Gasteiger partial charge in [0, 0.05) is 23.8 Å². The van der Waals surface area contributed by atoms with E-state index in [1.54, 1.807) is 18.4 Å². The van der Waals surface area contributed by atoms with Gasteiger partial charge >= 0.3 is 0 Å². The molecule has 2 aromatic rings. The summed E-state index contributed by atoms with van der Waals surface area (Å²) in [5, 5.41) is 2.97. The molecule has 0 saturated heterocycles. The highest BCUT2D eigenvalue weighted by molar-refractivity contribution is 7.13. The number of nitrogens with two attached hydrogens (primary N) is 1. The first-order chi connectivity index (χ1) is 8.85. The molecule has 0 fully saturated rings. The molecular weight excluding hydrogens is 246 g/mol. The number of ether oxygens (including phenoxy) is 1. The van der Waals surface area contributed by atoms with Gasteiger partial charge in [-0.15, -0.1) is 11.3 Å². The topological polar surface area (TPSA) is 51.4 Å². The van der Waals surface area contributed by atoms with Crippen LogP contribution in [0.25, 0.3) is 0 Å². The van der Waals surface area contributed by atoms with Gasteiger partial charge in [0.2, 0.25) is 0 Å². The van der Waals surface area contributed by atoms with Gasteiger partial charge in [-0.2, -0.15) is 0 Å². The predicted molar refractivity (Wildman–Crippen MR) is 75.8 cm³/mol. The molecule has 0 aliphatic heterocycles. The molecule has 18 heavy (non-hydrogen) atoms. The molecule has 0 atom stereocenters. The van der Waals surface area contributed by atoms with Crippen LogP contribution in [0.5, 0.6) is 5.75 Å². The van der Waals surface area contributed by atoms with Crippen molar-refractivity contribution in [3.63, 3.8) is 0 Å². The molecule has 0 radical (unpaired) electrons. The first-order valence-electron chi connectivity index (χ1n) is 5.86. The molecule has 0 saturated carbocycles. The Bertz CT molecular complexity index is 456. The Morgan fingerprint density at radius 3 is 2.67 bits per heavy atom. The van der Waals surface area contributed by atoms with Crippen LogP contribution in [-0.4, -0.2) is 25.2 Å². The number of aromatic nitrogens is 1. The SMILES string of the molecule is COc1ccc(N(CCCN)c2nccs2)cc1. The summed E-state index contributed by atoms with van der Waals surface area (Å²) in [6, 6.07) is 7.99. The zero-order valence-electron chi connectivity index (χ0n) is 10.4. The summed E-state index contributed by atoms with van der Waals surface area (Å²) in [5.41, 5.74) is 6.70. The third-order valence-electron chi connectivity index (χ3n) is 2.62. The van der Waals surface area contributed by atoms with Crippen molar-refractivity contribution in [1.82, 2.24) is 4.98 Å². The molecule has 1 aromatic heterocycles. The van der Waals surface area contributed by atoms with Gasteiger partial charge in [0.15, 0.2) is 5.13 Å². The Kier molecular flexibility index (Phi) is 4.55. The lowest BCUT2D eigenvalue weighted by atomic mass is 10.2. The summed E-state index contributed by atoms with van der Waals surface area (Å²) in [6.45, 7) is 1.55. The highest BCUT2D eigenvalue weighted by atomic mass is 32.1. The Hall–Kier alpha value is -1.59. The fourth-order valence-corrected chi connectivity index (χ4v) is 2.39. The van der Waals surface area contributed by atoms with Crippen LogP contribution in [0.3, 0.4) is 0 Å². The quantitative estimate of drug-likeness (QED) is 0.870. The number of methoxy groups -OCH3 is 1. The van der Waals surface area contributed by atoms with E-state index in [4.69, 9.17) is 10.5 Å². The first-order valence-corrected chi connectivity index (χ1v) is 6.74. The number of thiazole rings is 1. The van der Waals surface area contributed by atoms with E-state index in [0.29, 0.717) is 6.54 Å². The second-order valence-electron chi connectivity index (χ2n) is 3.81. The van der Waals surface area contributed by atoms with E-state index in [1.807, 2.05) is 35.8 Å². The Balaban J connectivity index is 2.21. The molecule has 1 aromatic carbocycles. The summed E-state index contributed by atoms with van der Waals surface area (Å²) in [5.74, 6) is 0.858. The average molecular weight is 263 g/mol. The lowest BCUT2D eigenvalue weighted by molar-refractivity contribution is 0.415. The molecule has 0 aliphatic rings. The first kappa shape index (κ1) is 12.9. The smallest absolute Gasteiger partial charge is 0.189 e. The third kappa shape index (κ3) is 3.00. The van der Waals surface area contributed by atoms with Crippen molar-refractivity contribution >= 4 is 22.2 Å². The molecule has 1 heterocycles. The second kappa shape index (κ2) is 6.37. The van der Waals surface area contributed by atoms with Crippen molar-refractivity contribution < 1.29 is 4.74 Å². The standard InChI is InChI=1S/C13H17N3OS/c1-17-12-5-3-11(4-6-12)16(9-2-7-14)13-15-8-10-18-13/h3-6,8,10H,2,7,9,14H2,1H3. The fraction of sp³-hybridized carbons (Fsp3) is 0.308. The Morgan fingerprint density at radius 2 is 2.11 bits per heavy atom. The Labute approximate surface area is 111 Å². The number of benzene rings is 1. The normalized spacial score (nSPS) is 10.3. The van der Waals surface area contributed by atoms with E-state index < -0.39 is 0 Å². The minimum absolute atomic E-state index is 0.679. The number of hydrogen-bond acceptors (Lipinski definition) is 5. The van der Waals surface area contributed by atoms with Crippen LogP contribution in [0.1, 0.15) is 6.42 Å². The van der Waals surface area contributed by atoms with Gasteiger partial charge in [0.25, 0.3) is 0 Å². The summed E-state index contributed by atoms with van der Waals surface area (Å²) < 4.78 is 5.17. The van der Waals surface area contributed by atoms with Crippen molar-refractivity contribution in [3.05, 3.63) is 35.8 Å². The molecule has 96 valence electrons. The van der Waals surface area contributed by atoms with Gasteiger partial charge in [-0.3, -0.25) is 0 Å². The van der Waals surface area contributed by atoms with Gasteiger partial charge in [-0.25, -0.2) is 4.98 Å². The summed E-state index contributed by atoms with van der Waals surface area (Å²) in [4.78, 5) is 6.54. The summed E-state index contributed by atoms with van der Waals surface area (Å²) in [7, 11) is 1.67. The van der Waals surface area contributed by atoms with Gasteiger partial charge in [0.05, 0.1) is 7.11 Å². The highest BCUT2D eigenvalue weighted by Crippen LogP contribution is 2.28. The molecule has 0 spiro atoms. The number of anilines is 2. The molecule has 5 heteroatoms. The number of rotatable bonds is 6. The van der Waals surface area contributed by atoms with Crippen molar-refractivity contribution in [2.24, 2.45) is 5.73 Å². The van der Waals surface area contributed by atoms with Gasteiger partial charge < -0.3 is 15.4 Å². The molecule has 0 amide bonds. The lowest BCUT2D eigenvalue weighted by Gasteiger charge is -2.21.